The molecule has 9 rings (SSSR count). The van der Waals surface area contributed by atoms with Gasteiger partial charge in [-0.25, -0.2) is 4.79 Å². The van der Waals surface area contributed by atoms with Crippen molar-refractivity contribution in [2.45, 2.75) is 82.5 Å². The minimum Gasteiger partial charge on any atom is -0.459 e. The zero-order valence-corrected chi connectivity index (χ0v) is 43.0. The summed E-state index contributed by atoms with van der Waals surface area (Å²) >= 11 is 0. The maximum Gasteiger partial charge on any atom is 0.410 e. The van der Waals surface area contributed by atoms with E-state index in [1.54, 1.807) is 47.4 Å². The molecule has 6 aromatic rings. The molecule has 2 aliphatic carbocycles. The molecule has 1 saturated carbocycles. The number of carbonyl (C=O) groups is 2. The lowest BCUT2D eigenvalue weighted by Gasteiger charge is -2.59. The second kappa shape index (κ2) is 25.9. The quantitative estimate of drug-likeness (QED) is 0.0172. The van der Waals surface area contributed by atoms with Crippen molar-refractivity contribution in [3.63, 3.8) is 0 Å². The summed E-state index contributed by atoms with van der Waals surface area (Å²) in [5, 5.41) is 38.7. The summed E-state index contributed by atoms with van der Waals surface area (Å²) in [6.07, 6.45) is 8.22. The van der Waals surface area contributed by atoms with Gasteiger partial charge in [0, 0.05) is 48.8 Å². The normalized spacial score (nSPS) is 20.7. The van der Waals surface area contributed by atoms with E-state index in [1.165, 1.54) is 12.1 Å². The molecular formula is C62H65N3O12. The van der Waals surface area contributed by atoms with E-state index in [1.807, 2.05) is 91.0 Å². The Morgan fingerprint density at radius 3 is 2.35 bits per heavy atom. The first-order chi connectivity index (χ1) is 37.7. The standard InChI is InChI=1S/C62H65N3O12/c1-2-32-74-62-58(64(39-48-20-13-19-46-17-6-7-22-52(46)48)61(69)73-34-33-72-41-43-14-4-3-5-15-43)38-56(63-75-42-44-24-26-49(27-25-44)65(70)71)54-36-47(18-8-10-30-66)53(23-9-11-31-67)59(60(54)62)55-37-51(28-29-57(55)77-62)76-50-21-12-16-45(35-50)40-68/h2-7,12-17,19-22,24-29,35-37,40,47,53,58-60,66-67H,1,8-11,18,23,30-34,38-39,41-42H2/t47-,53+,58-,59+,60+,62+/m0/s1. The van der Waals surface area contributed by atoms with Crippen LogP contribution in [0.25, 0.3) is 10.8 Å². The Kier molecular flexibility index (Phi) is 18.2. The second-order valence-electron chi connectivity index (χ2n) is 19.7. The van der Waals surface area contributed by atoms with E-state index >= 15 is 4.79 Å². The average Bonchev–Trinajstić information content (AvgIpc) is 3.57. The molecule has 0 spiro atoms. The van der Waals surface area contributed by atoms with Gasteiger partial charge in [-0.1, -0.05) is 115 Å². The Morgan fingerprint density at radius 1 is 0.831 bits per heavy atom. The number of fused-ring (bicyclic) bond motifs is 3. The molecule has 2 N–H and O–H groups in total. The number of aliphatic hydroxyl groups is 2. The van der Waals surface area contributed by atoms with E-state index in [9.17, 15) is 25.1 Å². The maximum atomic E-state index is 15.4. The van der Waals surface area contributed by atoms with Gasteiger partial charge >= 0.3 is 6.09 Å². The van der Waals surface area contributed by atoms with Crippen molar-refractivity contribution in [1.82, 2.24) is 4.90 Å². The molecule has 1 fully saturated rings. The first-order valence-corrected chi connectivity index (χ1v) is 26.4. The minimum atomic E-state index is -1.62. The van der Waals surface area contributed by atoms with Crippen LogP contribution >= 0.6 is 0 Å². The maximum absolute atomic E-state index is 15.4. The van der Waals surface area contributed by atoms with Gasteiger partial charge in [0.2, 0.25) is 5.79 Å². The number of amides is 1. The molecule has 400 valence electrons. The van der Waals surface area contributed by atoms with Gasteiger partial charge in [-0.2, -0.15) is 0 Å². The SMILES string of the molecule is C=CCO[C@@]12Oc3ccc(Oc4cccc(C=O)c4)cc3[C@H]3[C@H](CCCCO)[C@@H](CCCCO)C=C(C(=NOCc4ccc([N+](=O)[O-])cc4)C[C@@H]1N(Cc1cccc4ccccc14)C(=O)OCCOCc1ccccc1)[C@H]32. The summed E-state index contributed by atoms with van der Waals surface area (Å²) in [5.74, 6) is -1.28. The number of nitro groups is 1. The highest BCUT2D eigenvalue weighted by Gasteiger charge is 2.66. The third kappa shape index (κ3) is 12.6. The molecule has 0 unspecified atom stereocenters. The molecule has 1 aliphatic heterocycles. The first kappa shape index (κ1) is 54.1. The number of benzene rings is 6. The minimum absolute atomic E-state index is 0.00850. The first-order valence-electron chi connectivity index (χ1n) is 26.4. The van der Waals surface area contributed by atoms with Gasteiger partial charge in [-0.15, -0.1) is 6.58 Å². The smallest absolute Gasteiger partial charge is 0.410 e. The molecule has 0 bridgehead atoms. The number of ether oxygens (including phenoxy) is 5. The lowest BCUT2D eigenvalue weighted by atomic mass is 9.55. The number of hydrogen-bond donors (Lipinski definition) is 2. The van der Waals surface area contributed by atoms with Gasteiger partial charge in [-0.05, 0) is 113 Å². The van der Waals surface area contributed by atoms with Crippen molar-refractivity contribution in [2.75, 3.05) is 33.0 Å². The van der Waals surface area contributed by atoms with Gasteiger partial charge in [0.1, 0.15) is 42.8 Å². The molecule has 1 heterocycles. The number of nitro benzene ring substituents is 1. The number of non-ortho nitro benzene ring substituents is 1. The predicted octanol–water partition coefficient (Wildman–Crippen LogP) is 12.0. The number of oxime groups is 1. The molecular weight excluding hydrogens is 979 g/mol. The van der Waals surface area contributed by atoms with E-state index in [-0.39, 0.29) is 76.0 Å². The highest BCUT2D eigenvalue weighted by atomic mass is 16.7. The van der Waals surface area contributed by atoms with Crippen molar-refractivity contribution in [3.8, 4) is 17.2 Å². The van der Waals surface area contributed by atoms with Crippen LogP contribution in [0.4, 0.5) is 10.5 Å². The average molecular weight is 1040 g/mol. The van der Waals surface area contributed by atoms with Crippen molar-refractivity contribution in [3.05, 3.63) is 202 Å². The fourth-order valence-corrected chi connectivity index (χ4v) is 11.3. The molecule has 3 aliphatic rings. The topological polar surface area (TPSA) is 189 Å². The largest absolute Gasteiger partial charge is 0.459 e. The van der Waals surface area contributed by atoms with Crippen LogP contribution in [0.3, 0.4) is 0 Å². The van der Waals surface area contributed by atoms with Crippen molar-refractivity contribution < 1.29 is 53.2 Å². The van der Waals surface area contributed by atoms with Gasteiger partial charge < -0.3 is 38.7 Å². The van der Waals surface area contributed by atoms with Crippen LogP contribution in [0.2, 0.25) is 0 Å². The number of rotatable bonds is 26. The summed E-state index contributed by atoms with van der Waals surface area (Å²) < 4.78 is 33.5. The second-order valence-corrected chi connectivity index (χ2v) is 19.7. The lowest BCUT2D eigenvalue weighted by molar-refractivity contribution is -0.384. The lowest BCUT2D eigenvalue weighted by Crippen LogP contribution is -2.70. The fourth-order valence-electron chi connectivity index (χ4n) is 11.3. The Bertz CT molecular complexity index is 3050. The molecule has 1 amide bonds. The van der Waals surface area contributed by atoms with E-state index in [0.717, 1.165) is 52.2 Å². The van der Waals surface area contributed by atoms with Crippen LogP contribution < -0.4 is 9.47 Å². The summed E-state index contributed by atoms with van der Waals surface area (Å²) in [5.41, 5.74) is 5.13. The Balaban J connectivity index is 1.21. The Morgan fingerprint density at radius 2 is 1.57 bits per heavy atom. The highest BCUT2D eigenvalue weighted by molar-refractivity contribution is 6.03. The third-order valence-electron chi connectivity index (χ3n) is 14.8. The van der Waals surface area contributed by atoms with Gasteiger partial charge in [-0.3, -0.25) is 19.8 Å². The molecule has 6 atom stereocenters. The molecule has 15 nitrogen and oxygen atoms in total. The third-order valence-corrected chi connectivity index (χ3v) is 14.8. The van der Waals surface area contributed by atoms with Crippen molar-refractivity contribution >= 4 is 34.6 Å². The number of aliphatic hydroxyl groups excluding tert-OH is 2. The predicted molar refractivity (Wildman–Crippen MR) is 292 cm³/mol. The molecule has 77 heavy (non-hydrogen) atoms. The Hall–Kier alpha value is -7.69. The van der Waals surface area contributed by atoms with E-state index in [2.05, 4.69) is 12.7 Å². The van der Waals surface area contributed by atoms with Crippen LogP contribution in [0.1, 0.15) is 83.5 Å². The number of nitrogens with zero attached hydrogens (tertiary/aromatic N) is 3. The summed E-state index contributed by atoms with van der Waals surface area (Å²) in [6, 6.07) is 41.6. The van der Waals surface area contributed by atoms with Crippen molar-refractivity contribution in [1.29, 1.82) is 0 Å². The van der Waals surface area contributed by atoms with Crippen LogP contribution in [0.15, 0.2) is 169 Å². The molecule has 15 heteroatoms. The molecule has 0 radical (unpaired) electrons. The van der Waals surface area contributed by atoms with Gasteiger partial charge in [0.15, 0.2) is 0 Å². The zero-order valence-electron chi connectivity index (χ0n) is 43.0. The number of aldehydes is 1. The number of allylic oxidation sites excluding steroid dienone is 1. The molecule has 6 aromatic carbocycles. The molecule has 0 saturated heterocycles. The monoisotopic (exact) mass is 1040 g/mol. The van der Waals surface area contributed by atoms with Crippen LogP contribution in [0.5, 0.6) is 17.2 Å². The van der Waals surface area contributed by atoms with E-state index < -0.39 is 28.8 Å². The van der Waals surface area contributed by atoms with Crippen molar-refractivity contribution in [2.24, 2.45) is 22.9 Å². The molecule has 0 aromatic heterocycles. The van der Waals surface area contributed by atoms with Crippen LogP contribution in [-0.4, -0.2) is 83.0 Å². The summed E-state index contributed by atoms with van der Waals surface area (Å²) in [4.78, 5) is 46.3. The van der Waals surface area contributed by atoms with E-state index in [4.69, 9.17) is 33.7 Å². The number of carbonyl (C=O) groups excluding carboxylic acids is 2. The van der Waals surface area contributed by atoms with Crippen LogP contribution in [-0.2, 0) is 38.8 Å². The van der Waals surface area contributed by atoms with Gasteiger partial charge in [0.05, 0.1) is 42.9 Å². The Labute approximate surface area is 448 Å². The summed E-state index contributed by atoms with van der Waals surface area (Å²) in [7, 11) is 0. The fraction of sp³-hybridized carbons (Fsp3) is 0.339. The van der Waals surface area contributed by atoms with E-state index in [0.29, 0.717) is 66.4 Å². The number of hydrogen-bond acceptors (Lipinski definition) is 13. The van der Waals surface area contributed by atoms with Crippen LogP contribution in [0, 0.1) is 27.9 Å². The van der Waals surface area contributed by atoms with Gasteiger partial charge in [0.25, 0.3) is 5.69 Å². The highest BCUT2D eigenvalue weighted by Crippen LogP contribution is 2.62. The summed E-state index contributed by atoms with van der Waals surface area (Å²) in [6.45, 7) is 4.68. The number of unbranched alkanes of at least 4 members (excludes halogenated alkanes) is 2. The zero-order chi connectivity index (χ0) is 53.6.